The summed E-state index contributed by atoms with van der Waals surface area (Å²) in [4.78, 5) is 21.3. The van der Waals surface area contributed by atoms with Gasteiger partial charge in [0.25, 0.3) is 5.69 Å². The topological polar surface area (TPSA) is 98.3 Å². The zero-order valence-corrected chi connectivity index (χ0v) is 11.0. The Morgan fingerprint density at radius 3 is 2.67 bits per heavy atom. The zero-order valence-electron chi connectivity index (χ0n) is 9.39. The van der Waals surface area contributed by atoms with Crippen LogP contribution < -0.4 is 11.1 Å². The van der Waals surface area contributed by atoms with Gasteiger partial charge in [-0.2, -0.15) is 0 Å². The van der Waals surface area contributed by atoms with Crippen LogP contribution in [0.1, 0.15) is 5.56 Å². The Morgan fingerprint density at radius 1 is 1.50 bits per heavy atom. The van der Waals surface area contributed by atoms with E-state index in [1.807, 2.05) is 0 Å². The van der Waals surface area contributed by atoms with E-state index in [9.17, 15) is 14.9 Å². The Balaban J connectivity index is 0.00000289. The van der Waals surface area contributed by atoms with Gasteiger partial charge in [-0.05, 0) is 5.56 Å². The fraction of sp³-hybridized carbons (Fsp3) is 0.300. The van der Waals surface area contributed by atoms with E-state index in [0.29, 0.717) is 18.7 Å². The molecule has 100 valence electrons. The first-order chi connectivity index (χ1) is 8.04. The molecule has 0 unspecified atom stereocenters. The quantitative estimate of drug-likeness (QED) is 0.631. The predicted octanol–water partition coefficient (Wildman–Crippen LogP) is 1.29. The molecule has 0 bridgehead atoms. The second-order valence-corrected chi connectivity index (χ2v) is 3.76. The molecule has 0 saturated carbocycles. The van der Waals surface area contributed by atoms with Crippen molar-refractivity contribution in [3.8, 4) is 0 Å². The fourth-order valence-corrected chi connectivity index (χ4v) is 1.48. The van der Waals surface area contributed by atoms with Crippen LogP contribution in [0.2, 0.25) is 5.02 Å². The first-order valence-corrected chi connectivity index (χ1v) is 5.32. The summed E-state index contributed by atoms with van der Waals surface area (Å²) in [6.07, 6.45) is 0.0802. The van der Waals surface area contributed by atoms with E-state index in [1.54, 1.807) is 0 Å². The van der Waals surface area contributed by atoms with E-state index < -0.39 is 4.92 Å². The monoisotopic (exact) mass is 293 g/mol. The SMILES string of the molecule is Cl.NCCNC(=O)Cc1ccc([N+](=O)[O-])cc1Cl. The fourth-order valence-electron chi connectivity index (χ4n) is 1.24. The van der Waals surface area contributed by atoms with Gasteiger partial charge in [-0.25, -0.2) is 0 Å². The Hall–Kier alpha value is -1.37. The van der Waals surface area contributed by atoms with Crippen molar-refractivity contribution in [2.24, 2.45) is 5.73 Å². The molecule has 3 N–H and O–H groups in total. The van der Waals surface area contributed by atoms with Gasteiger partial charge in [0.05, 0.1) is 16.4 Å². The molecule has 0 aliphatic carbocycles. The highest BCUT2D eigenvalue weighted by Gasteiger charge is 2.11. The molecule has 0 aliphatic rings. The van der Waals surface area contributed by atoms with E-state index in [1.165, 1.54) is 18.2 Å². The Bertz CT molecular complexity index is 440. The molecule has 1 amide bonds. The third kappa shape index (κ3) is 4.87. The molecule has 0 atom stereocenters. The minimum atomic E-state index is -0.538. The Labute approximate surface area is 115 Å². The lowest BCUT2D eigenvalue weighted by atomic mass is 10.1. The van der Waals surface area contributed by atoms with Crippen molar-refractivity contribution in [1.82, 2.24) is 5.32 Å². The minimum Gasteiger partial charge on any atom is -0.355 e. The molecule has 0 aromatic heterocycles. The second kappa shape index (κ2) is 7.86. The molecule has 0 spiro atoms. The number of benzene rings is 1. The summed E-state index contributed by atoms with van der Waals surface area (Å²) >= 11 is 5.84. The van der Waals surface area contributed by atoms with Gasteiger partial charge >= 0.3 is 0 Å². The molecule has 8 heteroatoms. The van der Waals surface area contributed by atoms with Crippen LogP contribution in [0.4, 0.5) is 5.69 Å². The number of nitrogens with two attached hydrogens (primary N) is 1. The molecule has 0 fully saturated rings. The molecule has 1 rings (SSSR count). The maximum absolute atomic E-state index is 11.4. The number of hydrogen-bond donors (Lipinski definition) is 2. The lowest BCUT2D eigenvalue weighted by molar-refractivity contribution is -0.384. The van der Waals surface area contributed by atoms with Gasteiger partial charge in [-0.3, -0.25) is 14.9 Å². The van der Waals surface area contributed by atoms with Crippen molar-refractivity contribution in [1.29, 1.82) is 0 Å². The van der Waals surface area contributed by atoms with Gasteiger partial charge in [-0.1, -0.05) is 17.7 Å². The van der Waals surface area contributed by atoms with Crippen LogP contribution >= 0.6 is 24.0 Å². The third-order valence-electron chi connectivity index (χ3n) is 2.06. The van der Waals surface area contributed by atoms with Gasteiger partial charge in [0, 0.05) is 25.2 Å². The predicted molar refractivity (Wildman–Crippen MR) is 71.1 cm³/mol. The van der Waals surface area contributed by atoms with Crippen LogP contribution in [0.3, 0.4) is 0 Å². The van der Waals surface area contributed by atoms with Gasteiger partial charge in [-0.15, -0.1) is 12.4 Å². The first-order valence-electron chi connectivity index (χ1n) is 4.94. The number of halogens is 2. The maximum Gasteiger partial charge on any atom is 0.270 e. The molecular weight excluding hydrogens is 281 g/mol. The molecule has 0 radical (unpaired) electrons. The lowest BCUT2D eigenvalue weighted by Gasteiger charge is -2.05. The van der Waals surface area contributed by atoms with Crippen LogP contribution in [0.15, 0.2) is 18.2 Å². The van der Waals surface area contributed by atoms with Crippen molar-refractivity contribution in [3.05, 3.63) is 38.9 Å². The summed E-state index contributed by atoms with van der Waals surface area (Å²) in [7, 11) is 0. The number of nitro groups is 1. The van der Waals surface area contributed by atoms with Crippen LogP contribution in [0, 0.1) is 10.1 Å². The summed E-state index contributed by atoms with van der Waals surface area (Å²) in [5, 5.41) is 13.3. The number of carbonyl (C=O) groups excluding carboxylic acids is 1. The molecule has 18 heavy (non-hydrogen) atoms. The number of nitrogens with one attached hydrogen (secondary N) is 1. The highest BCUT2D eigenvalue weighted by atomic mass is 35.5. The standard InChI is InChI=1S/C10H12ClN3O3.ClH/c11-9-6-8(14(16)17)2-1-7(9)5-10(15)13-4-3-12;/h1-2,6H,3-5,12H2,(H,13,15);1H. The molecule has 6 nitrogen and oxygen atoms in total. The van der Waals surface area contributed by atoms with E-state index >= 15 is 0 Å². The first kappa shape index (κ1) is 16.6. The van der Waals surface area contributed by atoms with E-state index in [-0.39, 0.29) is 35.4 Å². The summed E-state index contributed by atoms with van der Waals surface area (Å²) in [6, 6.07) is 4.02. The summed E-state index contributed by atoms with van der Waals surface area (Å²) in [5.41, 5.74) is 5.69. The number of amides is 1. The number of nitrogens with zero attached hydrogens (tertiary/aromatic N) is 1. The number of hydrogen-bond acceptors (Lipinski definition) is 4. The number of rotatable bonds is 5. The highest BCUT2D eigenvalue weighted by Crippen LogP contribution is 2.22. The Kier molecular flexibility index (Phi) is 7.26. The summed E-state index contributed by atoms with van der Waals surface area (Å²) in [6.45, 7) is 0.753. The molecule has 0 saturated heterocycles. The van der Waals surface area contributed by atoms with Gasteiger partial charge in [0.1, 0.15) is 0 Å². The maximum atomic E-state index is 11.4. The van der Waals surface area contributed by atoms with E-state index in [2.05, 4.69) is 5.32 Å². The highest BCUT2D eigenvalue weighted by molar-refractivity contribution is 6.31. The van der Waals surface area contributed by atoms with E-state index in [0.717, 1.165) is 0 Å². The van der Waals surface area contributed by atoms with Crippen molar-refractivity contribution < 1.29 is 9.72 Å². The van der Waals surface area contributed by atoms with Crippen molar-refractivity contribution in [2.75, 3.05) is 13.1 Å². The van der Waals surface area contributed by atoms with Crippen molar-refractivity contribution >= 4 is 35.6 Å². The summed E-state index contributed by atoms with van der Waals surface area (Å²) in [5.74, 6) is -0.216. The van der Waals surface area contributed by atoms with Crippen LogP contribution in [-0.2, 0) is 11.2 Å². The normalized spacial score (nSPS) is 9.44. The second-order valence-electron chi connectivity index (χ2n) is 3.35. The van der Waals surface area contributed by atoms with Crippen LogP contribution in [0.5, 0.6) is 0 Å². The number of nitro benzene ring substituents is 1. The third-order valence-corrected chi connectivity index (χ3v) is 2.42. The van der Waals surface area contributed by atoms with Crippen LogP contribution in [0.25, 0.3) is 0 Å². The molecule has 1 aromatic rings. The minimum absolute atomic E-state index is 0. The van der Waals surface area contributed by atoms with Crippen LogP contribution in [-0.4, -0.2) is 23.9 Å². The average molecular weight is 294 g/mol. The van der Waals surface area contributed by atoms with E-state index in [4.69, 9.17) is 17.3 Å². The average Bonchev–Trinajstić information content (AvgIpc) is 2.28. The number of non-ortho nitro benzene ring substituents is 1. The van der Waals surface area contributed by atoms with Crippen molar-refractivity contribution in [2.45, 2.75) is 6.42 Å². The molecule has 0 aliphatic heterocycles. The van der Waals surface area contributed by atoms with Gasteiger partial charge in [0.2, 0.25) is 5.91 Å². The van der Waals surface area contributed by atoms with Gasteiger partial charge in [0.15, 0.2) is 0 Å². The smallest absolute Gasteiger partial charge is 0.270 e. The molecular formula is C10H13Cl2N3O3. The molecule has 1 aromatic carbocycles. The molecule has 0 heterocycles. The van der Waals surface area contributed by atoms with Crippen molar-refractivity contribution in [3.63, 3.8) is 0 Å². The Morgan fingerprint density at radius 2 is 2.17 bits per heavy atom. The summed E-state index contributed by atoms with van der Waals surface area (Å²) < 4.78 is 0. The van der Waals surface area contributed by atoms with Gasteiger partial charge < -0.3 is 11.1 Å². The lowest BCUT2D eigenvalue weighted by Crippen LogP contribution is -2.30. The zero-order chi connectivity index (χ0) is 12.8. The number of carbonyl (C=O) groups is 1. The largest absolute Gasteiger partial charge is 0.355 e.